The first-order chi connectivity index (χ1) is 13.6. The average Bonchev–Trinajstić information content (AvgIpc) is 3.40. The number of rotatable bonds is 6. The van der Waals surface area contributed by atoms with Crippen LogP contribution in [0, 0.1) is 23.7 Å². The van der Waals surface area contributed by atoms with Crippen molar-refractivity contribution in [1.29, 1.82) is 0 Å². The highest BCUT2D eigenvalue weighted by atomic mass is 127. The molecule has 1 heterocycles. The topological polar surface area (TPSA) is 73.8 Å². The van der Waals surface area contributed by atoms with E-state index in [1.807, 2.05) is 0 Å². The molecule has 1 aromatic carbocycles. The van der Waals surface area contributed by atoms with Crippen molar-refractivity contribution in [2.45, 2.75) is 17.9 Å². The van der Waals surface area contributed by atoms with Gasteiger partial charge in [0.15, 0.2) is 5.96 Å². The first-order valence-corrected chi connectivity index (χ1v) is 11.0. The summed E-state index contributed by atoms with van der Waals surface area (Å²) in [6, 6.07) is 8.38. The molecule has 0 radical (unpaired) electrons. The number of thioether (sulfide) groups is 1. The quantitative estimate of drug-likeness (QED) is 0.149. The Morgan fingerprint density at radius 2 is 1.72 bits per heavy atom. The summed E-state index contributed by atoms with van der Waals surface area (Å²) in [7, 11) is 1.71. The number of fused-ring (bicyclic) bond motifs is 5. The van der Waals surface area contributed by atoms with Gasteiger partial charge in [0, 0.05) is 31.6 Å². The van der Waals surface area contributed by atoms with E-state index in [2.05, 4.69) is 58.3 Å². The number of amides is 2. The lowest BCUT2D eigenvalue weighted by atomic mass is 9.85. The highest BCUT2D eigenvalue weighted by Crippen LogP contribution is 2.52. The van der Waals surface area contributed by atoms with Crippen LogP contribution in [-0.4, -0.2) is 49.1 Å². The lowest BCUT2D eigenvalue weighted by Crippen LogP contribution is -2.43. The number of likely N-dealkylation sites (tertiary alicyclic amines) is 1. The molecule has 2 aliphatic carbocycles. The average molecular weight is 526 g/mol. The molecule has 4 atom stereocenters. The number of carbonyl (C=O) groups is 2. The molecule has 0 aromatic heterocycles. The highest BCUT2D eigenvalue weighted by molar-refractivity contribution is 14.0. The zero-order valence-electron chi connectivity index (χ0n) is 16.6. The van der Waals surface area contributed by atoms with Crippen LogP contribution in [0.25, 0.3) is 0 Å². The Balaban J connectivity index is 0.00000240. The fourth-order valence-corrected chi connectivity index (χ4v) is 5.03. The molecule has 1 saturated heterocycles. The fraction of sp³-hybridized carbons (Fsp3) is 0.476. The van der Waals surface area contributed by atoms with Gasteiger partial charge >= 0.3 is 0 Å². The first kappa shape index (κ1) is 22.1. The maximum atomic E-state index is 12.7. The molecule has 8 heteroatoms. The molecule has 3 aliphatic rings. The SMILES string of the molecule is CN=C(NCCN1C(=O)C2C3C=CC(C3)C2C1=O)NCc1ccc(SC)cc1.I. The summed E-state index contributed by atoms with van der Waals surface area (Å²) in [6.07, 6.45) is 7.27. The number of hydrogen-bond donors (Lipinski definition) is 2. The molecule has 6 nitrogen and oxygen atoms in total. The summed E-state index contributed by atoms with van der Waals surface area (Å²) < 4.78 is 0. The molecule has 1 aromatic rings. The van der Waals surface area contributed by atoms with Gasteiger partial charge in [0.2, 0.25) is 11.8 Å². The van der Waals surface area contributed by atoms with E-state index < -0.39 is 0 Å². The number of imide groups is 1. The van der Waals surface area contributed by atoms with E-state index in [4.69, 9.17) is 0 Å². The summed E-state index contributed by atoms with van der Waals surface area (Å²) in [5.41, 5.74) is 1.17. The third-order valence-electron chi connectivity index (χ3n) is 6.03. The number of hydrogen-bond acceptors (Lipinski definition) is 4. The minimum Gasteiger partial charge on any atom is -0.355 e. The number of benzene rings is 1. The van der Waals surface area contributed by atoms with Crippen LogP contribution >= 0.6 is 35.7 Å². The lowest BCUT2D eigenvalue weighted by Gasteiger charge is -2.18. The van der Waals surface area contributed by atoms with Crippen LogP contribution < -0.4 is 10.6 Å². The van der Waals surface area contributed by atoms with Gasteiger partial charge in [0.1, 0.15) is 0 Å². The van der Waals surface area contributed by atoms with E-state index >= 15 is 0 Å². The standard InChI is InChI=1S/C21H26N4O2S.HI/c1-22-21(24-12-13-3-7-16(28-2)8-4-13)23-9-10-25-19(26)17-14-5-6-15(11-14)18(17)20(25)27;/h3-8,14-15,17-18H,9-12H2,1-2H3,(H2,22,23,24);1H. The predicted octanol–water partition coefficient (Wildman–Crippen LogP) is 2.50. The molecule has 1 saturated carbocycles. The van der Waals surface area contributed by atoms with Gasteiger partial charge in [-0.2, -0.15) is 0 Å². The normalized spacial score (nSPS) is 27.2. The number of allylic oxidation sites excluding steroid dienone is 2. The van der Waals surface area contributed by atoms with E-state index in [1.54, 1.807) is 18.8 Å². The summed E-state index contributed by atoms with van der Waals surface area (Å²) >= 11 is 1.72. The molecule has 156 valence electrons. The molecule has 4 unspecified atom stereocenters. The van der Waals surface area contributed by atoms with Crippen molar-refractivity contribution in [3.05, 3.63) is 42.0 Å². The number of halogens is 1. The van der Waals surface area contributed by atoms with Crippen LogP contribution in [0.2, 0.25) is 0 Å². The summed E-state index contributed by atoms with van der Waals surface area (Å²) in [5, 5.41) is 6.48. The zero-order valence-corrected chi connectivity index (χ0v) is 19.8. The third kappa shape index (κ3) is 4.33. The Morgan fingerprint density at radius 3 is 2.28 bits per heavy atom. The van der Waals surface area contributed by atoms with Gasteiger partial charge < -0.3 is 10.6 Å². The maximum Gasteiger partial charge on any atom is 0.233 e. The molecule has 2 bridgehead atoms. The summed E-state index contributed by atoms with van der Waals surface area (Å²) in [4.78, 5) is 32.3. The second kappa shape index (κ2) is 9.51. The monoisotopic (exact) mass is 526 g/mol. The van der Waals surface area contributed by atoms with Crippen molar-refractivity contribution in [3.63, 3.8) is 0 Å². The van der Waals surface area contributed by atoms with Crippen molar-refractivity contribution < 1.29 is 9.59 Å². The van der Waals surface area contributed by atoms with Crippen LogP contribution in [0.4, 0.5) is 0 Å². The fourth-order valence-electron chi connectivity index (χ4n) is 4.62. The van der Waals surface area contributed by atoms with Crippen LogP contribution in [0.5, 0.6) is 0 Å². The van der Waals surface area contributed by atoms with E-state index in [-0.39, 0.29) is 59.5 Å². The van der Waals surface area contributed by atoms with Gasteiger partial charge in [-0.15, -0.1) is 35.7 Å². The van der Waals surface area contributed by atoms with Crippen LogP contribution in [0.3, 0.4) is 0 Å². The van der Waals surface area contributed by atoms with Gasteiger partial charge in [-0.05, 0) is 42.2 Å². The Bertz CT molecular complexity index is 796. The molecular formula is C21H27IN4O2S. The predicted molar refractivity (Wildman–Crippen MR) is 126 cm³/mol. The molecule has 0 spiro atoms. The van der Waals surface area contributed by atoms with Crippen molar-refractivity contribution in [1.82, 2.24) is 15.5 Å². The third-order valence-corrected chi connectivity index (χ3v) is 6.78. The minimum atomic E-state index is -0.121. The Kier molecular flexibility index (Phi) is 7.26. The molecule has 2 amide bonds. The molecule has 2 N–H and O–H groups in total. The van der Waals surface area contributed by atoms with Crippen LogP contribution in [-0.2, 0) is 16.1 Å². The second-order valence-corrected chi connectivity index (χ2v) is 8.41. The minimum absolute atomic E-state index is 0. The van der Waals surface area contributed by atoms with E-state index in [0.29, 0.717) is 25.6 Å². The zero-order chi connectivity index (χ0) is 19.7. The van der Waals surface area contributed by atoms with Gasteiger partial charge in [-0.3, -0.25) is 19.5 Å². The van der Waals surface area contributed by atoms with E-state index in [9.17, 15) is 9.59 Å². The molecule has 1 aliphatic heterocycles. The van der Waals surface area contributed by atoms with Crippen LogP contribution in [0.15, 0.2) is 46.3 Å². The number of nitrogens with one attached hydrogen (secondary N) is 2. The van der Waals surface area contributed by atoms with Crippen molar-refractivity contribution in [3.8, 4) is 0 Å². The lowest BCUT2D eigenvalue weighted by molar-refractivity contribution is -0.140. The molecule has 2 fully saturated rings. The number of guanidine groups is 1. The largest absolute Gasteiger partial charge is 0.355 e. The van der Waals surface area contributed by atoms with Gasteiger partial charge in [-0.1, -0.05) is 24.3 Å². The molecule has 29 heavy (non-hydrogen) atoms. The van der Waals surface area contributed by atoms with Gasteiger partial charge in [0.05, 0.1) is 11.8 Å². The highest BCUT2D eigenvalue weighted by Gasteiger charge is 2.58. The van der Waals surface area contributed by atoms with Crippen molar-refractivity contribution >= 4 is 53.5 Å². The van der Waals surface area contributed by atoms with E-state index in [1.165, 1.54) is 15.4 Å². The Morgan fingerprint density at radius 1 is 1.10 bits per heavy atom. The molecular weight excluding hydrogens is 499 g/mol. The first-order valence-electron chi connectivity index (χ1n) is 9.73. The molecule has 4 rings (SSSR count). The Labute approximate surface area is 193 Å². The maximum absolute atomic E-state index is 12.7. The number of carbonyl (C=O) groups excluding carboxylic acids is 2. The van der Waals surface area contributed by atoms with E-state index in [0.717, 1.165) is 6.42 Å². The number of aliphatic imine (C=N–C) groups is 1. The summed E-state index contributed by atoms with van der Waals surface area (Å²) in [6.45, 7) is 1.53. The summed E-state index contributed by atoms with van der Waals surface area (Å²) in [5.74, 6) is 0.951. The van der Waals surface area contributed by atoms with Crippen LogP contribution in [0.1, 0.15) is 12.0 Å². The second-order valence-electron chi connectivity index (χ2n) is 7.53. The Hall–Kier alpha value is -1.55. The van der Waals surface area contributed by atoms with Gasteiger partial charge in [-0.25, -0.2) is 0 Å². The van der Waals surface area contributed by atoms with Gasteiger partial charge in [0.25, 0.3) is 0 Å². The van der Waals surface area contributed by atoms with Crippen molar-refractivity contribution in [2.75, 3.05) is 26.4 Å². The van der Waals surface area contributed by atoms with Crippen molar-refractivity contribution in [2.24, 2.45) is 28.7 Å². The number of nitrogens with zero attached hydrogens (tertiary/aromatic N) is 2. The smallest absolute Gasteiger partial charge is 0.233 e.